The molecule has 2 amide bonds. The minimum absolute atomic E-state index is 0.0709. The number of hydrogen-bond acceptors (Lipinski definition) is 6. The molecule has 0 aliphatic carbocycles. The van der Waals surface area contributed by atoms with Crippen LogP contribution in [0, 0.1) is 0 Å². The lowest BCUT2D eigenvalue weighted by atomic mass is 10.0. The first-order chi connectivity index (χ1) is 17.9. The number of anilines is 2. The third-order valence-corrected chi connectivity index (χ3v) is 5.62. The van der Waals surface area contributed by atoms with Gasteiger partial charge in [-0.25, -0.2) is 0 Å². The standard InChI is InChI=1S/C29H32N2O6/c1-4-20-9-8-10-21(5-2)29(20)31-27(33)19-36-28(34)18-17-26(32)30-22-13-15-23(16-14-22)37-25-12-7-6-11-24(25)35-3/h6-16H,4-5,17-19H2,1-3H3,(H,30,32)(H,31,33). The van der Waals surface area contributed by atoms with E-state index < -0.39 is 18.5 Å². The number of amides is 2. The van der Waals surface area contributed by atoms with Crippen molar-refractivity contribution in [2.24, 2.45) is 0 Å². The molecule has 0 spiro atoms. The van der Waals surface area contributed by atoms with Crippen molar-refractivity contribution in [2.45, 2.75) is 39.5 Å². The highest BCUT2D eigenvalue weighted by molar-refractivity contribution is 5.95. The van der Waals surface area contributed by atoms with E-state index >= 15 is 0 Å². The second kappa shape index (κ2) is 13.7. The van der Waals surface area contributed by atoms with E-state index in [1.165, 1.54) is 0 Å². The molecule has 0 aromatic heterocycles. The molecule has 0 fully saturated rings. The number of ether oxygens (including phenoxy) is 3. The van der Waals surface area contributed by atoms with E-state index in [0.29, 0.717) is 22.9 Å². The zero-order valence-corrected chi connectivity index (χ0v) is 21.3. The van der Waals surface area contributed by atoms with Gasteiger partial charge in [0.1, 0.15) is 5.75 Å². The van der Waals surface area contributed by atoms with Crippen molar-refractivity contribution in [3.63, 3.8) is 0 Å². The van der Waals surface area contributed by atoms with E-state index in [0.717, 1.165) is 29.7 Å². The Balaban J connectivity index is 1.41. The predicted molar refractivity (Wildman–Crippen MR) is 142 cm³/mol. The van der Waals surface area contributed by atoms with Gasteiger partial charge in [0, 0.05) is 17.8 Å². The van der Waals surface area contributed by atoms with Gasteiger partial charge in [0.25, 0.3) is 5.91 Å². The van der Waals surface area contributed by atoms with Crippen LogP contribution < -0.4 is 20.1 Å². The zero-order chi connectivity index (χ0) is 26.6. The maximum absolute atomic E-state index is 12.3. The summed E-state index contributed by atoms with van der Waals surface area (Å²) in [4.78, 5) is 36.6. The first-order valence-electron chi connectivity index (χ1n) is 12.2. The Morgan fingerprint density at radius 1 is 0.730 bits per heavy atom. The number of carbonyl (C=O) groups is 3. The highest BCUT2D eigenvalue weighted by Gasteiger charge is 2.14. The predicted octanol–water partition coefficient (Wildman–Crippen LogP) is 5.51. The topological polar surface area (TPSA) is 103 Å². The van der Waals surface area contributed by atoms with Gasteiger partial charge in [0.2, 0.25) is 5.91 Å². The lowest BCUT2D eigenvalue weighted by Crippen LogP contribution is -2.23. The summed E-state index contributed by atoms with van der Waals surface area (Å²) in [6.07, 6.45) is 1.34. The van der Waals surface area contributed by atoms with Crippen molar-refractivity contribution in [1.29, 1.82) is 0 Å². The number of nitrogens with one attached hydrogen (secondary N) is 2. The smallest absolute Gasteiger partial charge is 0.306 e. The van der Waals surface area contributed by atoms with Crippen molar-refractivity contribution in [3.05, 3.63) is 77.9 Å². The number of hydrogen-bond donors (Lipinski definition) is 2. The molecule has 2 N–H and O–H groups in total. The van der Waals surface area contributed by atoms with Crippen molar-refractivity contribution in [1.82, 2.24) is 0 Å². The maximum Gasteiger partial charge on any atom is 0.306 e. The average Bonchev–Trinajstić information content (AvgIpc) is 2.92. The highest BCUT2D eigenvalue weighted by Crippen LogP contribution is 2.31. The molecule has 8 nitrogen and oxygen atoms in total. The van der Waals surface area contributed by atoms with Crippen LogP contribution >= 0.6 is 0 Å². The number of benzene rings is 3. The fourth-order valence-electron chi connectivity index (χ4n) is 3.67. The fourth-order valence-corrected chi connectivity index (χ4v) is 3.67. The average molecular weight is 505 g/mol. The number of esters is 1. The molecule has 3 aromatic carbocycles. The molecule has 3 aromatic rings. The second-order valence-electron chi connectivity index (χ2n) is 8.19. The van der Waals surface area contributed by atoms with Crippen LogP contribution in [0.15, 0.2) is 66.7 Å². The van der Waals surface area contributed by atoms with E-state index in [-0.39, 0.29) is 18.7 Å². The summed E-state index contributed by atoms with van der Waals surface area (Å²) in [5.74, 6) is 0.394. The lowest BCUT2D eigenvalue weighted by molar-refractivity contribution is -0.147. The molecule has 0 aliphatic heterocycles. The van der Waals surface area contributed by atoms with Crippen LogP contribution in [-0.2, 0) is 32.0 Å². The summed E-state index contributed by atoms with van der Waals surface area (Å²) in [5, 5.41) is 5.57. The maximum atomic E-state index is 12.3. The quantitative estimate of drug-likeness (QED) is 0.315. The van der Waals surface area contributed by atoms with Gasteiger partial charge in [0.15, 0.2) is 18.1 Å². The van der Waals surface area contributed by atoms with Gasteiger partial charge >= 0.3 is 5.97 Å². The minimum Gasteiger partial charge on any atom is -0.493 e. The summed E-state index contributed by atoms with van der Waals surface area (Å²) in [6.45, 7) is 3.62. The van der Waals surface area contributed by atoms with E-state index in [1.807, 2.05) is 44.2 Å². The minimum atomic E-state index is -0.620. The number of para-hydroxylation sites is 3. The Bertz CT molecular complexity index is 1200. The Labute approximate surface area is 216 Å². The van der Waals surface area contributed by atoms with Gasteiger partial charge < -0.3 is 24.8 Å². The van der Waals surface area contributed by atoms with Gasteiger partial charge in [-0.2, -0.15) is 0 Å². The highest BCUT2D eigenvalue weighted by atomic mass is 16.5. The Morgan fingerprint density at radius 3 is 2.00 bits per heavy atom. The first kappa shape index (κ1) is 27.3. The normalized spacial score (nSPS) is 10.4. The number of rotatable bonds is 12. The van der Waals surface area contributed by atoms with Crippen LogP contribution in [0.2, 0.25) is 0 Å². The van der Waals surface area contributed by atoms with Crippen molar-refractivity contribution in [2.75, 3.05) is 24.4 Å². The van der Waals surface area contributed by atoms with E-state index in [4.69, 9.17) is 14.2 Å². The van der Waals surface area contributed by atoms with Gasteiger partial charge in [0.05, 0.1) is 13.5 Å². The molecule has 0 radical (unpaired) electrons. The third kappa shape index (κ3) is 8.10. The number of carbonyl (C=O) groups excluding carboxylic acids is 3. The molecule has 0 saturated carbocycles. The van der Waals surface area contributed by atoms with Crippen LogP contribution in [0.4, 0.5) is 11.4 Å². The zero-order valence-electron chi connectivity index (χ0n) is 21.3. The molecular formula is C29H32N2O6. The molecular weight excluding hydrogens is 472 g/mol. The van der Waals surface area contributed by atoms with Crippen LogP contribution in [-0.4, -0.2) is 31.5 Å². The van der Waals surface area contributed by atoms with E-state index in [1.54, 1.807) is 43.5 Å². The van der Waals surface area contributed by atoms with Crippen LogP contribution in [0.1, 0.15) is 37.8 Å². The molecule has 0 unspecified atom stereocenters. The molecule has 3 rings (SSSR count). The molecule has 0 heterocycles. The molecule has 37 heavy (non-hydrogen) atoms. The van der Waals surface area contributed by atoms with Gasteiger partial charge in [-0.05, 0) is 60.4 Å². The van der Waals surface area contributed by atoms with Gasteiger partial charge in [-0.15, -0.1) is 0 Å². The SMILES string of the molecule is CCc1cccc(CC)c1NC(=O)COC(=O)CCC(=O)Nc1ccc(Oc2ccccc2OC)cc1. The van der Waals surface area contributed by atoms with Crippen molar-refractivity contribution in [3.8, 4) is 17.2 Å². The van der Waals surface area contributed by atoms with Gasteiger partial charge in [-0.1, -0.05) is 44.2 Å². The van der Waals surface area contributed by atoms with Crippen LogP contribution in [0.5, 0.6) is 17.2 Å². The first-order valence-corrected chi connectivity index (χ1v) is 12.2. The Kier molecular flexibility index (Phi) is 10.1. The molecule has 194 valence electrons. The Hall–Kier alpha value is -4.33. The van der Waals surface area contributed by atoms with Crippen LogP contribution in [0.25, 0.3) is 0 Å². The van der Waals surface area contributed by atoms with E-state index in [2.05, 4.69) is 10.6 Å². The fraction of sp³-hybridized carbons (Fsp3) is 0.276. The largest absolute Gasteiger partial charge is 0.493 e. The monoisotopic (exact) mass is 504 g/mol. The number of aryl methyl sites for hydroxylation is 2. The second-order valence-corrected chi connectivity index (χ2v) is 8.19. The molecule has 8 heteroatoms. The summed E-state index contributed by atoms with van der Waals surface area (Å²) >= 11 is 0. The summed E-state index contributed by atoms with van der Waals surface area (Å²) in [6, 6.07) is 20.0. The Morgan fingerprint density at radius 2 is 1.38 bits per heavy atom. The van der Waals surface area contributed by atoms with E-state index in [9.17, 15) is 14.4 Å². The van der Waals surface area contributed by atoms with Crippen molar-refractivity contribution < 1.29 is 28.6 Å². The van der Waals surface area contributed by atoms with Crippen LogP contribution in [0.3, 0.4) is 0 Å². The lowest BCUT2D eigenvalue weighted by Gasteiger charge is -2.14. The summed E-state index contributed by atoms with van der Waals surface area (Å²) < 4.78 is 16.1. The van der Waals surface area contributed by atoms with Crippen molar-refractivity contribution >= 4 is 29.2 Å². The summed E-state index contributed by atoms with van der Waals surface area (Å²) in [5.41, 5.74) is 3.38. The van der Waals surface area contributed by atoms with Gasteiger partial charge in [-0.3, -0.25) is 14.4 Å². The molecule has 0 saturated heterocycles. The summed E-state index contributed by atoms with van der Waals surface area (Å²) in [7, 11) is 1.57. The molecule has 0 bridgehead atoms. The molecule has 0 aliphatic rings. The molecule has 0 atom stereocenters. The third-order valence-electron chi connectivity index (χ3n) is 5.62. The number of methoxy groups -OCH3 is 1.